The van der Waals surface area contributed by atoms with Crippen LogP contribution in [0.2, 0.25) is 0 Å². The minimum atomic E-state index is 0.160. The van der Waals surface area contributed by atoms with Gasteiger partial charge in [0.15, 0.2) is 5.82 Å². The topological polar surface area (TPSA) is 69.2 Å². The number of piperazine rings is 1. The lowest BCUT2D eigenvalue weighted by Gasteiger charge is -2.36. The normalized spacial score (nSPS) is 17.8. The Morgan fingerprint density at radius 3 is 2.48 bits per heavy atom. The van der Waals surface area contributed by atoms with Crippen LogP contribution in [0.15, 0.2) is 28.8 Å². The second-order valence-electron chi connectivity index (χ2n) is 5.98. The van der Waals surface area contributed by atoms with Crippen molar-refractivity contribution >= 4 is 0 Å². The van der Waals surface area contributed by atoms with Crippen LogP contribution in [0, 0.1) is 18.3 Å². The summed E-state index contributed by atoms with van der Waals surface area (Å²) in [5.41, 5.74) is 1.96. The highest BCUT2D eigenvalue weighted by atomic mass is 16.5. The average Bonchev–Trinajstić information content (AvgIpc) is 3.02. The first-order valence-corrected chi connectivity index (χ1v) is 7.91. The largest absolute Gasteiger partial charge is 0.338 e. The van der Waals surface area contributed by atoms with Crippen LogP contribution in [0.3, 0.4) is 0 Å². The third-order valence-electron chi connectivity index (χ3n) is 4.34. The van der Waals surface area contributed by atoms with Crippen LogP contribution < -0.4 is 0 Å². The SMILES string of the molecule is Cc1noc([C@@H](C)N2CCN(Cc3ccc(C#N)cc3)CC2)n1. The second kappa shape index (κ2) is 6.90. The maximum absolute atomic E-state index is 8.84. The molecular weight excluding hydrogens is 290 g/mol. The molecule has 0 N–H and O–H groups in total. The third-order valence-corrected chi connectivity index (χ3v) is 4.34. The van der Waals surface area contributed by atoms with Crippen molar-refractivity contribution in [3.05, 3.63) is 47.1 Å². The number of hydrogen-bond donors (Lipinski definition) is 0. The lowest BCUT2D eigenvalue weighted by molar-refractivity contribution is 0.0845. The van der Waals surface area contributed by atoms with E-state index >= 15 is 0 Å². The van der Waals surface area contributed by atoms with Gasteiger partial charge in [-0.1, -0.05) is 17.3 Å². The van der Waals surface area contributed by atoms with Gasteiger partial charge >= 0.3 is 0 Å². The molecule has 1 fully saturated rings. The van der Waals surface area contributed by atoms with E-state index in [-0.39, 0.29) is 6.04 Å². The molecule has 23 heavy (non-hydrogen) atoms. The summed E-state index contributed by atoms with van der Waals surface area (Å²) in [4.78, 5) is 9.14. The first-order valence-electron chi connectivity index (χ1n) is 7.91. The number of rotatable bonds is 4. The van der Waals surface area contributed by atoms with Crippen LogP contribution in [0.1, 0.15) is 35.8 Å². The molecule has 0 amide bonds. The molecule has 3 rings (SSSR count). The zero-order valence-electron chi connectivity index (χ0n) is 13.6. The summed E-state index contributed by atoms with van der Waals surface area (Å²) in [6.45, 7) is 8.87. The van der Waals surface area contributed by atoms with Crippen molar-refractivity contribution in [1.29, 1.82) is 5.26 Å². The Morgan fingerprint density at radius 1 is 1.22 bits per heavy atom. The molecule has 1 aliphatic rings. The lowest BCUT2D eigenvalue weighted by atomic mass is 10.1. The van der Waals surface area contributed by atoms with E-state index < -0.39 is 0 Å². The fourth-order valence-corrected chi connectivity index (χ4v) is 2.89. The van der Waals surface area contributed by atoms with Gasteiger partial charge in [-0.3, -0.25) is 9.80 Å². The van der Waals surface area contributed by atoms with E-state index in [9.17, 15) is 0 Å². The van der Waals surface area contributed by atoms with Gasteiger partial charge in [0.1, 0.15) is 0 Å². The van der Waals surface area contributed by atoms with Crippen molar-refractivity contribution in [2.75, 3.05) is 26.2 Å². The van der Waals surface area contributed by atoms with Crippen molar-refractivity contribution in [3.63, 3.8) is 0 Å². The van der Waals surface area contributed by atoms with E-state index in [0.29, 0.717) is 17.3 Å². The Labute approximate surface area is 136 Å². The monoisotopic (exact) mass is 311 g/mol. The van der Waals surface area contributed by atoms with Crippen LogP contribution >= 0.6 is 0 Å². The number of benzene rings is 1. The molecule has 1 aromatic heterocycles. The lowest BCUT2D eigenvalue weighted by Crippen LogP contribution is -2.46. The quantitative estimate of drug-likeness (QED) is 0.861. The zero-order valence-corrected chi connectivity index (χ0v) is 13.6. The van der Waals surface area contributed by atoms with Gasteiger partial charge in [-0.15, -0.1) is 0 Å². The Morgan fingerprint density at radius 2 is 1.91 bits per heavy atom. The molecule has 6 heteroatoms. The summed E-state index contributed by atoms with van der Waals surface area (Å²) in [6.07, 6.45) is 0. The van der Waals surface area contributed by atoms with Gasteiger partial charge in [0.2, 0.25) is 5.89 Å². The molecule has 0 unspecified atom stereocenters. The van der Waals surface area contributed by atoms with E-state index in [1.807, 2.05) is 31.2 Å². The fourth-order valence-electron chi connectivity index (χ4n) is 2.89. The molecule has 6 nitrogen and oxygen atoms in total. The summed E-state index contributed by atoms with van der Waals surface area (Å²) in [5.74, 6) is 1.38. The molecule has 120 valence electrons. The standard InChI is InChI=1S/C17H21N5O/c1-13(17-19-14(2)20-23-17)22-9-7-21(8-10-22)12-16-5-3-15(11-18)4-6-16/h3-6,13H,7-10,12H2,1-2H3/t13-/m1/s1. The van der Waals surface area contributed by atoms with E-state index in [1.165, 1.54) is 5.56 Å². The summed E-state index contributed by atoms with van der Waals surface area (Å²) in [6, 6.07) is 10.1. The number of aryl methyl sites for hydroxylation is 1. The van der Waals surface area contributed by atoms with E-state index in [0.717, 1.165) is 32.7 Å². The van der Waals surface area contributed by atoms with Gasteiger partial charge in [0, 0.05) is 32.7 Å². The fraction of sp³-hybridized carbons (Fsp3) is 0.471. The number of nitriles is 1. The van der Waals surface area contributed by atoms with Gasteiger partial charge in [0.05, 0.1) is 17.7 Å². The van der Waals surface area contributed by atoms with Gasteiger partial charge in [0.25, 0.3) is 0 Å². The molecule has 0 saturated carbocycles. The first kappa shape index (κ1) is 15.7. The molecular formula is C17H21N5O. The smallest absolute Gasteiger partial charge is 0.243 e. The average molecular weight is 311 g/mol. The van der Waals surface area contributed by atoms with Crippen molar-refractivity contribution in [1.82, 2.24) is 19.9 Å². The Hall–Kier alpha value is -2.23. The highest BCUT2D eigenvalue weighted by Gasteiger charge is 2.25. The van der Waals surface area contributed by atoms with Gasteiger partial charge < -0.3 is 4.52 Å². The minimum absolute atomic E-state index is 0.160. The number of aromatic nitrogens is 2. The molecule has 0 bridgehead atoms. The minimum Gasteiger partial charge on any atom is -0.338 e. The van der Waals surface area contributed by atoms with Gasteiger partial charge in [-0.05, 0) is 31.5 Å². The summed E-state index contributed by atoms with van der Waals surface area (Å²) in [7, 11) is 0. The summed E-state index contributed by atoms with van der Waals surface area (Å²) in [5, 5.41) is 12.7. The molecule has 1 aromatic carbocycles. The Balaban J connectivity index is 1.52. The summed E-state index contributed by atoms with van der Waals surface area (Å²) < 4.78 is 5.28. The van der Waals surface area contributed by atoms with Crippen molar-refractivity contribution < 1.29 is 4.52 Å². The third kappa shape index (κ3) is 3.76. The second-order valence-corrected chi connectivity index (χ2v) is 5.98. The highest BCUT2D eigenvalue weighted by Crippen LogP contribution is 2.20. The van der Waals surface area contributed by atoms with Crippen molar-refractivity contribution in [2.24, 2.45) is 0 Å². The van der Waals surface area contributed by atoms with Crippen LogP contribution in [0.4, 0.5) is 0 Å². The molecule has 1 saturated heterocycles. The molecule has 0 spiro atoms. The van der Waals surface area contributed by atoms with Crippen LogP contribution in [0.25, 0.3) is 0 Å². The van der Waals surface area contributed by atoms with E-state index in [4.69, 9.17) is 9.78 Å². The highest BCUT2D eigenvalue weighted by molar-refractivity contribution is 5.31. The predicted octanol–water partition coefficient (Wildman–Crippen LogP) is 2.13. The van der Waals surface area contributed by atoms with Crippen LogP contribution in [0.5, 0.6) is 0 Å². The zero-order chi connectivity index (χ0) is 16.2. The Bertz CT molecular complexity index is 680. The first-order chi connectivity index (χ1) is 11.2. The van der Waals surface area contributed by atoms with Gasteiger partial charge in [-0.25, -0.2) is 0 Å². The molecule has 0 radical (unpaired) electrons. The molecule has 1 aliphatic heterocycles. The van der Waals surface area contributed by atoms with Crippen LogP contribution in [-0.4, -0.2) is 46.1 Å². The van der Waals surface area contributed by atoms with Crippen molar-refractivity contribution in [2.45, 2.75) is 26.4 Å². The van der Waals surface area contributed by atoms with Crippen molar-refractivity contribution in [3.8, 4) is 6.07 Å². The maximum atomic E-state index is 8.84. The molecule has 1 atom stereocenters. The van der Waals surface area contributed by atoms with E-state index in [2.05, 4.69) is 32.9 Å². The molecule has 2 heterocycles. The Kier molecular flexibility index (Phi) is 4.70. The molecule has 0 aliphatic carbocycles. The van der Waals surface area contributed by atoms with Crippen LogP contribution in [-0.2, 0) is 6.54 Å². The summed E-state index contributed by atoms with van der Waals surface area (Å²) >= 11 is 0. The molecule has 2 aromatic rings. The van der Waals surface area contributed by atoms with E-state index in [1.54, 1.807) is 0 Å². The maximum Gasteiger partial charge on any atom is 0.243 e. The number of nitrogens with zero attached hydrogens (tertiary/aromatic N) is 5. The number of hydrogen-bond acceptors (Lipinski definition) is 6. The van der Waals surface area contributed by atoms with Gasteiger partial charge in [-0.2, -0.15) is 10.2 Å². The predicted molar refractivity (Wildman–Crippen MR) is 85.5 cm³/mol.